The van der Waals surface area contributed by atoms with Crippen molar-refractivity contribution >= 4 is 28.9 Å². The number of benzene rings is 1. The third kappa shape index (κ3) is 4.03. The van der Waals surface area contributed by atoms with Gasteiger partial charge in [-0.1, -0.05) is 23.7 Å². The van der Waals surface area contributed by atoms with Crippen molar-refractivity contribution in [3.8, 4) is 0 Å². The number of carbonyl (C=O) groups excluding carboxylic acids is 2. The molecular formula is C21H20ClN3O2. The van der Waals surface area contributed by atoms with Crippen LogP contribution in [0.1, 0.15) is 46.4 Å². The lowest BCUT2D eigenvalue weighted by molar-refractivity contribution is -0.121. The van der Waals surface area contributed by atoms with E-state index in [0.29, 0.717) is 17.1 Å². The van der Waals surface area contributed by atoms with Crippen molar-refractivity contribution in [2.75, 3.05) is 0 Å². The monoisotopic (exact) mass is 381 g/mol. The summed E-state index contributed by atoms with van der Waals surface area (Å²) in [6.07, 6.45) is 7.29. The fraction of sp³-hybridized carbons (Fsp3) is 0.286. The molecule has 1 aliphatic rings. The Balaban J connectivity index is 1.29. The van der Waals surface area contributed by atoms with Gasteiger partial charge in [-0.25, -0.2) is 4.98 Å². The summed E-state index contributed by atoms with van der Waals surface area (Å²) in [6.45, 7) is 0.325. The topological polar surface area (TPSA) is 63.5 Å². The minimum atomic E-state index is -0.153. The highest BCUT2D eigenvalue weighted by molar-refractivity contribution is 6.30. The van der Waals surface area contributed by atoms with E-state index in [-0.39, 0.29) is 24.5 Å². The zero-order valence-corrected chi connectivity index (χ0v) is 15.6. The smallest absolute Gasteiger partial charge is 0.220 e. The first kappa shape index (κ1) is 17.7. The van der Waals surface area contributed by atoms with E-state index in [0.717, 1.165) is 30.6 Å². The van der Waals surface area contributed by atoms with E-state index < -0.39 is 0 Å². The van der Waals surface area contributed by atoms with Gasteiger partial charge in [0, 0.05) is 30.8 Å². The summed E-state index contributed by atoms with van der Waals surface area (Å²) in [4.78, 5) is 28.9. The fourth-order valence-electron chi connectivity index (χ4n) is 3.50. The molecule has 0 atom stereocenters. The molecule has 1 aromatic carbocycles. The van der Waals surface area contributed by atoms with E-state index in [4.69, 9.17) is 11.6 Å². The molecule has 138 valence electrons. The molecule has 27 heavy (non-hydrogen) atoms. The second-order valence-electron chi connectivity index (χ2n) is 6.88. The Morgan fingerprint density at radius 2 is 1.93 bits per heavy atom. The first-order valence-electron chi connectivity index (χ1n) is 9.13. The van der Waals surface area contributed by atoms with Gasteiger partial charge in [0.2, 0.25) is 5.91 Å². The third-order valence-electron chi connectivity index (χ3n) is 4.93. The van der Waals surface area contributed by atoms with Crippen LogP contribution in [0, 0.1) is 0 Å². The van der Waals surface area contributed by atoms with Gasteiger partial charge < -0.3 is 9.72 Å². The number of pyridine rings is 1. The maximum Gasteiger partial charge on any atom is 0.220 e. The van der Waals surface area contributed by atoms with Crippen molar-refractivity contribution in [3.05, 3.63) is 70.1 Å². The lowest BCUT2D eigenvalue weighted by atomic mass is 10.0. The molecule has 1 aliphatic carbocycles. The molecule has 0 saturated heterocycles. The Morgan fingerprint density at radius 1 is 1.07 bits per heavy atom. The number of aryl methyl sites for hydroxylation is 2. The van der Waals surface area contributed by atoms with Crippen LogP contribution in [-0.4, -0.2) is 21.1 Å². The molecular weight excluding hydrogens is 362 g/mol. The van der Waals surface area contributed by atoms with E-state index in [9.17, 15) is 9.59 Å². The van der Waals surface area contributed by atoms with Crippen LogP contribution in [0.15, 0.2) is 42.7 Å². The number of halogens is 1. The van der Waals surface area contributed by atoms with Crippen molar-refractivity contribution in [2.45, 2.75) is 38.6 Å². The highest BCUT2D eigenvalue weighted by Gasteiger charge is 2.15. The van der Waals surface area contributed by atoms with Crippen molar-refractivity contribution in [2.24, 2.45) is 0 Å². The molecule has 0 aliphatic heterocycles. The van der Waals surface area contributed by atoms with Gasteiger partial charge in [-0.3, -0.25) is 9.59 Å². The Hall–Kier alpha value is -2.66. The van der Waals surface area contributed by atoms with Gasteiger partial charge in [-0.05, 0) is 48.6 Å². The molecule has 4 rings (SSSR count). The zero-order chi connectivity index (χ0) is 18.8. The average molecular weight is 382 g/mol. The predicted molar refractivity (Wildman–Crippen MR) is 104 cm³/mol. The van der Waals surface area contributed by atoms with Crippen LogP contribution >= 0.6 is 11.6 Å². The lowest BCUT2D eigenvalue weighted by Gasteiger charge is -2.05. The van der Waals surface area contributed by atoms with Gasteiger partial charge in [0.1, 0.15) is 5.65 Å². The highest BCUT2D eigenvalue weighted by atomic mass is 35.5. The Morgan fingerprint density at radius 3 is 2.81 bits per heavy atom. The predicted octanol–water partition coefficient (Wildman–Crippen LogP) is 3.76. The summed E-state index contributed by atoms with van der Waals surface area (Å²) in [5.41, 5.74) is 4.85. The van der Waals surface area contributed by atoms with E-state index in [2.05, 4.69) is 10.3 Å². The number of nitrogens with one attached hydrogen (secondary N) is 1. The summed E-state index contributed by atoms with van der Waals surface area (Å²) < 4.78 is 1.82. The first-order valence-corrected chi connectivity index (χ1v) is 9.51. The van der Waals surface area contributed by atoms with Crippen LogP contribution in [0.2, 0.25) is 5.02 Å². The van der Waals surface area contributed by atoms with Gasteiger partial charge in [0.15, 0.2) is 5.78 Å². The quantitative estimate of drug-likeness (QED) is 0.661. The first-order chi connectivity index (χ1) is 13.1. The lowest BCUT2D eigenvalue weighted by Crippen LogP contribution is -2.23. The summed E-state index contributed by atoms with van der Waals surface area (Å²) in [7, 11) is 0. The van der Waals surface area contributed by atoms with Crippen LogP contribution in [0.3, 0.4) is 0 Å². The summed E-state index contributed by atoms with van der Waals surface area (Å²) >= 11 is 5.96. The summed E-state index contributed by atoms with van der Waals surface area (Å²) in [5.74, 6) is -0.137. The highest BCUT2D eigenvalue weighted by Crippen LogP contribution is 2.23. The molecule has 6 heteroatoms. The number of imidazole rings is 1. The molecule has 3 aromatic rings. The largest absolute Gasteiger partial charge is 0.350 e. The average Bonchev–Trinajstić information content (AvgIpc) is 3.29. The number of ketones is 1. The Kier molecular flexibility index (Phi) is 4.94. The molecule has 2 aromatic heterocycles. The number of nitrogens with zero attached hydrogens (tertiary/aromatic N) is 2. The van der Waals surface area contributed by atoms with Gasteiger partial charge in [-0.15, -0.1) is 0 Å². The SMILES string of the molecule is O=C(CCC(=O)c1ccc2c(c1)CCC2)NCc1cn2cc(Cl)ccc2n1. The number of Topliss-reactive ketones (excluding diaryl/α,β-unsaturated/α-hetero) is 1. The van der Waals surface area contributed by atoms with Gasteiger partial charge >= 0.3 is 0 Å². The molecule has 0 fully saturated rings. The van der Waals surface area contributed by atoms with Crippen molar-refractivity contribution in [1.82, 2.24) is 14.7 Å². The van der Waals surface area contributed by atoms with Gasteiger partial charge in [-0.2, -0.15) is 0 Å². The zero-order valence-electron chi connectivity index (χ0n) is 14.9. The minimum Gasteiger partial charge on any atom is -0.350 e. The van der Waals surface area contributed by atoms with E-state index in [1.807, 2.05) is 34.9 Å². The minimum absolute atomic E-state index is 0.0159. The number of hydrogen-bond donors (Lipinski definition) is 1. The van der Waals surface area contributed by atoms with Gasteiger partial charge in [0.25, 0.3) is 0 Å². The number of amides is 1. The van der Waals surface area contributed by atoms with Crippen molar-refractivity contribution in [1.29, 1.82) is 0 Å². The normalized spacial score (nSPS) is 12.9. The second-order valence-corrected chi connectivity index (χ2v) is 7.32. The van der Waals surface area contributed by atoms with E-state index in [1.165, 1.54) is 11.1 Å². The number of hydrogen-bond acceptors (Lipinski definition) is 3. The molecule has 5 nitrogen and oxygen atoms in total. The molecule has 0 spiro atoms. The molecule has 1 N–H and O–H groups in total. The Labute approximate surface area is 162 Å². The van der Waals surface area contributed by atoms with E-state index in [1.54, 1.807) is 12.3 Å². The molecule has 0 saturated carbocycles. The van der Waals surface area contributed by atoms with Crippen LogP contribution in [0.5, 0.6) is 0 Å². The fourth-order valence-corrected chi connectivity index (χ4v) is 3.66. The van der Waals surface area contributed by atoms with Crippen LogP contribution in [-0.2, 0) is 24.2 Å². The van der Waals surface area contributed by atoms with Crippen LogP contribution in [0.4, 0.5) is 0 Å². The molecule has 1 amide bonds. The van der Waals surface area contributed by atoms with Crippen molar-refractivity contribution in [3.63, 3.8) is 0 Å². The molecule has 0 radical (unpaired) electrons. The molecule has 0 unspecified atom stereocenters. The molecule has 0 bridgehead atoms. The third-order valence-corrected chi connectivity index (χ3v) is 5.15. The molecule has 2 heterocycles. The number of aromatic nitrogens is 2. The number of carbonyl (C=O) groups is 2. The maximum absolute atomic E-state index is 12.4. The maximum atomic E-state index is 12.4. The second kappa shape index (κ2) is 7.53. The Bertz CT molecular complexity index is 1030. The van der Waals surface area contributed by atoms with Crippen LogP contribution in [0.25, 0.3) is 5.65 Å². The standard InChI is InChI=1S/C21H20ClN3O2/c22-17-6-8-20-24-18(13-25(20)12-17)11-23-21(27)9-7-19(26)16-5-4-14-2-1-3-15(14)10-16/h4-6,8,10,12-13H,1-3,7,9,11H2,(H,23,27). The number of rotatable bonds is 6. The van der Waals surface area contributed by atoms with Gasteiger partial charge in [0.05, 0.1) is 17.3 Å². The van der Waals surface area contributed by atoms with Crippen molar-refractivity contribution < 1.29 is 9.59 Å². The van der Waals surface area contributed by atoms with Crippen LogP contribution < -0.4 is 5.32 Å². The number of fused-ring (bicyclic) bond motifs is 2. The summed E-state index contributed by atoms with van der Waals surface area (Å²) in [5, 5.41) is 3.45. The summed E-state index contributed by atoms with van der Waals surface area (Å²) in [6, 6.07) is 9.52. The van der Waals surface area contributed by atoms with E-state index >= 15 is 0 Å².